The van der Waals surface area contributed by atoms with Crippen molar-refractivity contribution in [3.8, 4) is 0 Å². The molecule has 0 unspecified atom stereocenters. The van der Waals surface area contributed by atoms with Gasteiger partial charge in [0.25, 0.3) is 0 Å². The minimum atomic E-state index is -1.08. The molecule has 1 N–H and O–H groups in total. The number of fused-ring (bicyclic) bond motifs is 3. The summed E-state index contributed by atoms with van der Waals surface area (Å²) in [7, 11) is 0. The van der Waals surface area contributed by atoms with Gasteiger partial charge in [-0.15, -0.1) is 11.3 Å². The van der Waals surface area contributed by atoms with Gasteiger partial charge in [-0.2, -0.15) is 0 Å². The van der Waals surface area contributed by atoms with Crippen molar-refractivity contribution >= 4 is 31.5 Å². The smallest absolute Gasteiger partial charge is 0.119 e. The van der Waals surface area contributed by atoms with Gasteiger partial charge in [-0.05, 0) is 22.8 Å². The number of hydrogen-bond donors (Lipinski definition) is 1. The normalized spacial score (nSPS) is 11.9. The lowest BCUT2D eigenvalue weighted by atomic mass is 9.81. The van der Waals surface area contributed by atoms with Crippen molar-refractivity contribution in [2.45, 2.75) is 12.0 Å². The maximum absolute atomic E-state index is 11.9. The summed E-state index contributed by atoms with van der Waals surface area (Å²) in [6.45, 7) is 0. The molecule has 4 aromatic carbocycles. The van der Waals surface area contributed by atoms with E-state index in [2.05, 4.69) is 42.5 Å². The van der Waals surface area contributed by atoms with Crippen LogP contribution in [0.4, 0.5) is 0 Å². The largest absolute Gasteiger partial charge is 0.380 e. The fourth-order valence-electron chi connectivity index (χ4n) is 4.02. The monoisotopic (exact) mass is 380 g/mol. The summed E-state index contributed by atoms with van der Waals surface area (Å²) < 4.78 is 2.54. The molecule has 0 atom stereocenters. The van der Waals surface area contributed by atoms with E-state index in [0.29, 0.717) is 6.42 Å². The molecule has 0 aliphatic heterocycles. The van der Waals surface area contributed by atoms with Gasteiger partial charge in [0.15, 0.2) is 0 Å². The van der Waals surface area contributed by atoms with E-state index in [9.17, 15) is 5.11 Å². The number of aliphatic hydroxyl groups is 1. The maximum atomic E-state index is 11.9. The summed E-state index contributed by atoms with van der Waals surface area (Å²) in [5.41, 5.74) is 1.93. The summed E-state index contributed by atoms with van der Waals surface area (Å²) in [5, 5.41) is 14.5. The number of hydrogen-bond acceptors (Lipinski definition) is 2. The van der Waals surface area contributed by atoms with Crippen LogP contribution in [-0.2, 0) is 12.0 Å². The Hall–Kier alpha value is -2.94. The third-order valence-electron chi connectivity index (χ3n) is 5.43. The summed E-state index contributed by atoms with van der Waals surface area (Å²) in [6, 6.07) is 34.9. The van der Waals surface area contributed by atoms with Gasteiger partial charge in [-0.25, -0.2) is 0 Å². The van der Waals surface area contributed by atoms with E-state index < -0.39 is 5.60 Å². The molecule has 0 amide bonds. The van der Waals surface area contributed by atoms with Gasteiger partial charge >= 0.3 is 0 Å². The summed E-state index contributed by atoms with van der Waals surface area (Å²) in [6.07, 6.45) is 0.533. The Balaban J connectivity index is 1.70. The zero-order valence-electron chi connectivity index (χ0n) is 15.4. The molecule has 0 saturated heterocycles. The zero-order valence-corrected chi connectivity index (χ0v) is 16.2. The van der Waals surface area contributed by atoms with E-state index in [-0.39, 0.29) is 0 Å². The van der Waals surface area contributed by atoms with Crippen LogP contribution >= 0.6 is 11.3 Å². The molecular weight excluding hydrogens is 360 g/mol. The Morgan fingerprint density at radius 2 is 1.18 bits per heavy atom. The fraction of sp³-hybridized carbons (Fsp3) is 0.0769. The van der Waals surface area contributed by atoms with Crippen molar-refractivity contribution in [3.05, 3.63) is 120 Å². The molecule has 0 radical (unpaired) electrons. The van der Waals surface area contributed by atoms with Crippen LogP contribution in [0.2, 0.25) is 0 Å². The van der Waals surface area contributed by atoms with Gasteiger partial charge in [0, 0.05) is 26.6 Å². The molecule has 28 heavy (non-hydrogen) atoms. The highest BCUT2D eigenvalue weighted by atomic mass is 32.1. The molecule has 0 fully saturated rings. The molecule has 0 aliphatic carbocycles. The van der Waals surface area contributed by atoms with Gasteiger partial charge in [-0.3, -0.25) is 0 Å². The van der Waals surface area contributed by atoms with Gasteiger partial charge in [0.1, 0.15) is 5.60 Å². The summed E-state index contributed by atoms with van der Waals surface area (Å²) in [4.78, 5) is 0. The maximum Gasteiger partial charge on any atom is 0.119 e. The molecule has 1 heterocycles. The Kier molecular flexibility index (Phi) is 4.23. The second-order valence-electron chi connectivity index (χ2n) is 7.16. The molecule has 0 spiro atoms. The molecule has 0 bridgehead atoms. The minimum absolute atomic E-state index is 0.533. The average molecular weight is 381 g/mol. The zero-order chi connectivity index (χ0) is 19.0. The summed E-state index contributed by atoms with van der Waals surface area (Å²) in [5.74, 6) is 0. The van der Waals surface area contributed by atoms with Crippen molar-refractivity contribution < 1.29 is 5.11 Å². The van der Waals surface area contributed by atoms with E-state index in [1.54, 1.807) is 0 Å². The molecule has 136 valence electrons. The quantitative estimate of drug-likeness (QED) is 0.376. The summed E-state index contributed by atoms with van der Waals surface area (Å²) >= 11 is 1.81. The van der Waals surface area contributed by atoms with Crippen LogP contribution in [-0.4, -0.2) is 5.11 Å². The first-order valence-corrected chi connectivity index (χ1v) is 10.3. The molecule has 5 rings (SSSR count). The van der Waals surface area contributed by atoms with Crippen LogP contribution < -0.4 is 0 Å². The predicted octanol–water partition coefficient (Wildman–Crippen LogP) is 6.53. The molecule has 1 nitrogen and oxygen atoms in total. The number of benzene rings is 4. The highest BCUT2D eigenvalue weighted by Crippen LogP contribution is 2.40. The van der Waals surface area contributed by atoms with E-state index >= 15 is 0 Å². The molecule has 2 heteroatoms. The average Bonchev–Trinajstić information content (AvgIpc) is 3.15. The van der Waals surface area contributed by atoms with Crippen molar-refractivity contribution in [2.75, 3.05) is 0 Å². The third kappa shape index (κ3) is 2.82. The third-order valence-corrected chi connectivity index (χ3v) is 6.70. The second-order valence-corrected chi connectivity index (χ2v) is 8.21. The van der Waals surface area contributed by atoms with Gasteiger partial charge in [0.05, 0.1) is 0 Å². The van der Waals surface area contributed by atoms with E-state index in [1.165, 1.54) is 25.7 Å². The molecule has 1 aromatic heterocycles. The number of rotatable bonds is 4. The first-order valence-electron chi connectivity index (χ1n) is 9.48. The lowest BCUT2D eigenvalue weighted by Gasteiger charge is -2.30. The first kappa shape index (κ1) is 17.2. The fourth-order valence-corrected chi connectivity index (χ4v) is 5.23. The topological polar surface area (TPSA) is 20.2 Å². The van der Waals surface area contributed by atoms with E-state index in [0.717, 1.165) is 11.1 Å². The van der Waals surface area contributed by atoms with Gasteiger partial charge in [0.2, 0.25) is 0 Å². The number of thiophene rings is 1. The van der Waals surface area contributed by atoms with Crippen molar-refractivity contribution in [2.24, 2.45) is 0 Å². The highest BCUT2D eigenvalue weighted by molar-refractivity contribution is 7.26. The lowest BCUT2D eigenvalue weighted by molar-refractivity contribution is 0.0815. The van der Waals surface area contributed by atoms with Crippen molar-refractivity contribution in [1.29, 1.82) is 0 Å². The SMILES string of the molecule is OC(Cc1cccc2c1sc1ccccc12)(c1ccccc1)c1ccccc1. The van der Waals surface area contributed by atoms with Crippen LogP contribution in [0.25, 0.3) is 20.2 Å². The van der Waals surface area contributed by atoms with Gasteiger partial charge in [-0.1, -0.05) is 97.1 Å². The van der Waals surface area contributed by atoms with Crippen molar-refractivity contribution in [1.82, 2.24) is 0 Å². The Morgan fingerprint density at radius 3 is 1.86 bits per heavy atom. The molecule has 0 saturated carbocycles. The van der Waals surface area contributed by atoms with E-state index in [4.69, 9.17) is 0 Å². The first-order chi connectivity index (χ1) is 13.8. The van der Waals surface area contributed by atoms with Crippen LogP contribution in [0.3, 0.4) is 0 Å². The molecule has 5 aromatic rings. The van der Waals surface area contributed by atoms with Crippen LogP contribution in [0.1, 0.15) is 16.7 Å². The highest BCUT2D eigenvalue weighted by Gasteiger charge is 2.32. The van der Waals surface area contributed by atoms with Crippen LogP contribution in [0.5, 0.6) is 0 Å². The van der Waals surface area contributed by atoms with Crippen molar-refractivity contribution in [3.63, 3.8) is 0 Å². The van der Waals surface area contributed by atoms with Crippen LogP contribution in [0.15, 0.2) is 103 Å². The standard InChI is InChI=1S/C26H20OS/c27-26(20-11-3-1-4-12-20,21-13-5-2-6-14-21)18-19-10-9-16-23-22-15-7-8-17-24(22)28-25(19)23/h1-17,27H,18H2. The van der Waals surface area contributed by atoms with E-state index in [1.807, 2.05) is 72.0 Å². The molecule has 0 aliphatic rings. The Morgan fingerprint density at radius 1 is 0.607 bits per heavy atom. The lowest BCUT2D eigenvalue weighted by Crippen LogP contribution is -2.30. The van der Waals surface area contributed by atoms with Gasteiger partial charge < -0.3 is 5.11 Å². The molecular formula is C26H20OS. The van der Waals surface area contributed by atoms with Crippen LogP contribution in [0, 0.1) is 0 Å². The minimum Gasteiger partial charge on any atom is -0.380 e. The Labute approximate surface area is 168 Å². The second kappa shape index (κ2) is 6.90. The Bertz CT molecular complexity index is 1200. The predicted molar refractivity (Wildman–Crippen MR) is 119 cm³/mol.